The van der Waals surface area contributed by atoms with E-state index < -0.39 is 0 Å². The summed E-state index contributed by atoms with van der Waals surface area (Å²) in [6, 6.07) is 0.453. The van der Waals surface area contributed by atoms with E-state index in [1.807, 2.05) is 0 Å². The van der Waals surface area contributed by atoms with Gasteiger partial charge < -0.3 is 10.5 Å². The smallest absolute Gasteiger partial charge is 0.148 e. The number of nitrogens with two attached hydrogens (primary N) is 1. The van der Waals surface area contributed by atoms with E-state index in [9.17, 15) is 0 Å². The zero-order valence-electron chi connectivity index (χ0n) is 10.4. The van der Waals surface area contributed by atoms with Gasteiger partial charge in [-0.2, -0.15) is 0 Å². The molecule has 0 spiro atoms. The predicted octanol–water partition coefficient (Wildman–Crippen LogP) is 0.807. The molecule has 0 fully saturated rings. The first kappa shape index (κ1) is 14.3. The third kappa shape index (κ3) is 3.88. The molecule has 0 aliphatic carbocycles. The van der Waals surface area contributed by atoms with Crippen molar-refractivity contribution in [2.75, 3.05) is 18.6 Å². The normalized spacial score (nSPS) is 11.4. The van der Waals surface area contributed by atoms with Crippen molar-refractivity contribution in [3.05, 3.63) is 5.69 Å². The fraction of sp³-hybridized carbons (Fsp3) is 0.800. The molecule has 6 nitrogen and oxygen atoms in total. The Labute approximate surface area is 106 Å². The Balaban J connectivity index is 2.71. The zero-order valence-corrected chi connectivity index (χ0v) is 11.2. The van der Waals surface area contributed by atoms with Crippen LogP contribution < -0.4 is 11.3 Å². The summed E-state index contributed by atoms with van der Waals surface area (Å²) in [6.45, 7) is 5.77. The molecule has 0 radical (unpaired) electrons. The Kier molecular flexibility index (Phi) is 6.35. The van der Waals surface area contributed by atoms with Crippen LogP contribution in [0.1, 0.15) is 32.4 Å². The number of hydrogen-bond acceptors (Lipinski definition) is 7. The largest absolute Gasteiger partial charge is 0.395 e. The molecule has 17 heavy (non-hydrogen) atoms. The number of rotatable bonds is 8. The fourth-order valence-corrected chi connectivity index (χ4v) is 2.42. The lowest BCUT2D eigenvalue weighted by atomic mass is 10.1. The van der Waals surface area contributed by atoms with Crippen molar-refractivity contribution in [2.45, 2.75) is 39.3 Å². The summed E-state index contributed by atoms with van der Waals surface area (Å²) in [6.07, 6.45) is 2.11. The van der Waals surface area contributed by atoms with Crippen LogP contribution >= 0.6 is 11.5 Å². The molecule has 0 aliphatic rings. The Hall–Kier alpha value is -0.760. The molecule has 0 amide bonds. The first-order chi connectivity index (χ1) is 8.26. The maximum atomic E-state index is 9.12. The Morgan fingerprint density at radius 1 is 1.47 bits per heavy atom. The van der Waals surface area contributed by atoms with Gasteiger partial charge in [0, 0.05) is 30.7 Å². The van der Waals surface area contributed by atoms with E-state index in [2.05, 4.69) is 33.8 Å². The number of nitrogens with one attached hydrogen (secondary N) is 1. The Morgan fingerprint density at radius 2 is 2.18 bits per heavy atom. The highest BCUT2D eigenvalue weighted by molar-refractivity contribution is 7.10. The summed E-state index contributed by atoms with van der Waals surface area (Å²) in [5.74, 6) is 5.40. The van der Waals surface area contributed by atoms with E-state index in [0.29, 0.717) is 19.1 Å². The number of hydrazine groups is 1. The first-order valence-corrected chi connectivity index (χ1v) is 6.66. The van der Waals surface area contributed by atoms with Gasteiger partial charge in [-0.25, -0.2) is 5.84 Å². The van der Waals surface area contributed by atoms with Crippen LogP contribution in [0.3, 0.4) is 0 Å². The molecule has 1 aromatic heterocycles. The maximum absolute atomic E-state index is 9.12. The number of nitrogen functional groups attached to an aromatic ring is 1. The molecule has 4 N–H and O–H groups in total. The van der Waals surface area contributed by atoms with Crippen LogP contribution in [0.5, 0.6) is 0 Å². The molecule has 7 heteroatoms. The number of aliphatic hydroxyl groups excluding tert-OH is 1. The number of aromatic nitrogens is 2. The highest BCUT2D eigenvalue weighted by Gasteiger charge is 2.18. The van der Waals surface area contributed by atoms with Gasteiger partial charge >= 0.3 is 0 Å². The zero-order chi connectivity index (χ0) is 12.7. The molecule has 1 heterocycles. The second kappa shape index (κ2) is 7.54. The quantitative estimate of drug-likeness (QED) is 0.473. The van der Waals surface area contributed by atoms with Crippen LogP contribution in [0.4, 0.5) is 5.00 Å². The number of hydrogen-bond donors (Lipinski definition) is 3. The Bertz CT molecular complexity index is 315. The molecule has 0 saturated heterocycles. The van der Waals surface area contributed by atoms with Crippen molar-refractivity contribution in [3.8, 4) is 0 Å². The molecule has 0 unspecified atom stereocenters. The molecule has 1 aromatic rings. The first-order valence-electron chi connectivity index (χ1n) is 5.89. The number of nitrogens with zero attached hydrogens (tertiary/aromatic N) is 3. The van der Waals surface area contributed by atoms with Gasteiger partial charge in [-0.15, -0.1) is 5.10 Å². The molecule has 0 atom stereocenters. The lowest BCUT2D eigenvalue weighted by molar-refractivity contribution is 0.135. The molecule has 0 aromatic carbocycles. The third-order valence-corrected chi connectivity index (χ3v) is 3.59. The highest BCUT2D eigenvalue weighted by atomic mass is 32.1. The van der Waals surface area contributed by atoms with Crippen molar-refractivity contribution < 1.29 is 5.11 Å². The van der Waals surface area contributed by atoms with Crippen LogP contribution in [0.2, 0.25) is 0 Å². The molecule has 0 saturated carbocycles. The number of aliphatic hydroxyl groups is 1. The van der Waals surface area contributed by atoms with E-state index in [1.54, 1.807) is 0 Å². The van der Waals surface area contributed by atoms with Gasteiger partial charge in [0.15, 0.2) is 0 Å². The molecule has 1 rings (SSSR count). The van der Waals surface area contributed by atoms with Gasteiger partial charge in [-0.05, 0) is 12.8 Å². The average molecular weight is 259 g/mol. The van der Waals surface area contributed by atoms with Gasteiger partial charge in [0.25, 0.3) is 0 Å². The minimum atomic E-state index is 0.152. The van der Waals surface area contributed by atoms with Crippen LogP contribution in [0, 0.1) is 0 Å². The molecule has 0 aliphatic heterocycles. The van der Waals surface area contributed by atoms with Gasteiger partial charge in [-0.1, -0.05) is 18.3 Å². The fourth-order valence-electron chi connectivity index (χ4n) is 1.94. The standard InChI is InChI=1S/C10H21N5OS/c1-3-8(4-2)15(5-6-16)7-9-10(12-11)17-14-13-9/h8,12,16H,3-7,11H2,1-2H3. The second-order valence-electron chi connectivity index (χ2n) is 3.86. The average Bonchev–Trinajstić information content (AvgIpc) is 2.78. The van der Waals surface area contributed by atoms with Crippen LogP contribution in [0.25, 0.3) is 0 Å². The van der Waals surface area contributed by atoms with Crippen molar-refractivity contribution in [3.63, 3.8) is 0 Å². The SMILES string of the molecule is CCC(CC)N(CCO)Cc1nnsc1NN. The monoisotopic (exact) mass is 259 g/mol. The van der Waals surface area contributed by atoms with Gasteiger partial charge in [0.1, 0.15) is 10.7 Å². The lowest BCUT2D eigenvalue weighted by Gasteiger charge is -2.29. The molecular weight excluding hydrogens is 238 g/mol. The predicted molar refractivity (Wildman–Crippen MR) is 69.6 cm³/mol. The molecule has 0 bridgehead atoms. The summed E-state index contributed by atoms with van der Waals surface area (Å²) >= 11 is 1.25. The Morgan fingerprint density at radius 3 is 2.71 bits per heavy atom. The van der Waals surface area contributed by atoms with Crippen molar-refractivity contribution in [1.82, 2.24) is 14.5 Å². The van der Waals surface area contributed by atoms with Crippen LogP contribution in [0.15, 0.2) is 0 Å². The van der Waals surface area contributed by atoms with E-state index in [1.165, 1.54) is 11.5 Å². The van der Waals surface area contributed by atoms with Gasteiger partial charge in [0.2, 0.25) is 0 Å². The molecular formula is C10H21N5OS. The minimum Gasteiger partial charge on any atom is -0.395 e. The van der Waals surface area contributed by atoms with Crippen LogP contribution in [-0.2, 0) is 6.54 Å². The van der Waals surface area contributed by atoms with Crippen molar-refractivity contribution >= 4 is 16.5 Å². The minimum absolute atomic E-state index is 0.152. The highest BCUT2D eigenvalue weighted by Crippen LogP contribution is 2.20. The van der Waals surface area contributed by atoms with E-state index in [0.717, 1.165) is 23.5 Å². The molecule has 98 valence electrons. The summed E-state index contributed by atoms with van der Waals surface area (Å²) in [7, 11) is 0. The summed E-state index contributed by atoms with van der Waals surface area (Å²) in [5, 5.41) is 14.0. The maximum Gasteiger partial charge on any atom is 0.148 e. The second-order valence-corrected chi connectivity index (χ2v) is 4.61. The summed E-state index contributed by atoms with van der Waals surface area (Å²) < 4.78 is 3.88. The number of anilines is 1. The summed E-state index contributed by atoms with van der Waals surface area (Å²) in [4.78, 5) is 2.22. The topological polar surface area (TPSA) is 87.3 Å². The summed E-state index contributed by atoms with van der Waals surface area (Å²) in [5.41, 5.74) is 3.45. The van der Waals surface area contributed by atoms with E-state index >= 15 is 0 Å². The van der Waals surface area contributed by atoms with Gasteiger partial charge in [-0.3, -0.25) is 4.90 Å². The van der Waals surface area contributed by atoms with Crippen LogP contribution in [-0.4, -0.2) is 38.8 Å². The van der Waals surface area contributed by atoms with E-state index in [4.69, 9.17) is 10.9 Å². The van der Waals surface area contributed by atoms with E-state index in [-0.39, 0.29) is 6.61 Å². The third-order valence-electron chi connectivity index (χ3n) is 2.89. The van der Waals surface area contributed by atoms with Crippen molar-refractivity contribution in [2.24, 2.45) is 5.84 Å². The lowest BCUT2D eigenvalue weighted by Crippen LogP contribution is -2.36. The van der Waals surface area contributed by atoms with Crippen molar-refractivity contribution in [1.29, 1.82) is 0 Å². The van der Waals surface area contributed by atoms with Gasteiger partial charge in [0.05, 0.1) is 6.61 Å².